The number of aliphatic hydroxyl groups excluding tert-OH is 5. The van der Waals surface area contributed by atoms with Crippen LogP contribution in [-0.2, 0) is 33.3 Å². The number of alkyl halides is 1. The van der Waals surface area contributed by atoms with E-state index in [0.29, 0.717) is 25.2 Å². The molecule has 1 aromatic rings. The number of aliphatic hydroxyl groups is 7. The Labute approximate surface area is 696 Å². The fourth-order valence-electron chi connectivity index (χ4n) is 27.7. The molecule has 662 valence electrons. The molecule has 13 rings (SSSR count). The fraction of sp³-hybridized carbons (Fsp3) is 0.889. The minimum absolute atomic E-state index is 0.0167. The van der Waals surface area contributed by atoms with E-state index in [1.165, 1.54) is 13.3 Å². The van der Waals surface area contributed by atoms with Crippen LogP contribution in [-0.4, -0.2) is 165 Å². The van der Waals surface area contributed by atoms with Crippen molar-refractivity contribution in [2.45, 2.75) is 396 Å². The molecule has 19 nitrogen and oxygen atoms in total. The normalized spacial score (nSPS) is 42.6. The van der Waals surface area contributed by atoms with E-state index in [-0.39, 0.29) is 143 Å². The molecule has 4 spiro atoms. The Hall–Kier alpha value is -3.28. The van der Waals surface area contributed by atoms with Gasteiger partial charge in [0.25, 0.3) is 0 Å². The first kappa shape index (κ1) is 94.0. The predicted octanol–water partition coefficient (Wildman–Crippen LogP) is 12.9. The van der Waals surface area contributed by atoms with Gasteiger partial charge in [0.15, 0.2) is 11.5 Å². The molecule has 0 aromatic heterocycles. The van der Waals surface area contributed by atoms with Crippen LogP contribution in [0.3, 0.4) is 0 Å². The van der Waals surface area contributed by atoms with Gasteiger partial charge < -0.3 is 75.2 Å². The van der Waals surface area contributed by atoms with E-state index < -0.39 is 129 Å². The standard InChI is InChI=1S/C41H69NO8.C30H50O5.C12H23NO3.C6HF5O.CH4I/c1-13-23(2)29(42-33(46)50-34(3,4)5)32(45)48-27-15-17-41-22-40(41)19-18-37(10)31(39(12)16-14-28(49-39)36(8,9)47)25(44)21-38(37,11)26(40)20-24(43)30(41)35(27,6)7;1-24(2)20(33)8-11-30-16-29(30)13-12-26(5)23(28(7)10-9-21(35-28)25(3,4)34)18(32)15-27(26,6)19(29)14-17(31)22(24)30;1-7-8(2)10(9(3)14)13-11(15)16-12(4,5)6;7-1-2(8)4(10)6(12)5(11)3(1)9;1-2/h23-31,43-44,47H,13-22H2,1-12H3,(H,42,46);17-23,31-34H,8-16H2,1-7H3;8,10H,7H2,1-6H3,(H,13,15);12H;2H,1H3/q;;;;-1/t23?,24-,25-,26?,27-,28-,29-,30-,31-,37+,38-,39+,40?,41?;17-,18-,19?,20-,21-,22-,23-,26+,27-,28+,29?,30?;8-,10-;;/m000../s1/i;;;;2D. The van der Waals surface area contributed by atoms with Crippen LogP contribution < -0.4 is 33.0 Å². The number of alkyl carbamates (subject to hydrolysis) is 2. The molecule has 2 heterocycles. The number of phenols is 1. The summed E-state index contributed by atoms with van der Waals surface area (Å²) >= 11 is -0.160. The molecule has 12 aliphatic rings. The van der Waals surface area contributed by atoms with Gasteiger partial charge in [-0.3, -0.25) is 4.79 Å². The molecule has 10 saturated carbocycles. The molecule has 10 aliphatic carbocycles. The molecule has 2 aliphatic heterocycles. The number of ketones is 1. The van der Waals surface area contributed by atoms with Crippen LogP contribution >= 0.6 is 0 Å². The summed E-state index contributed by atoms with van der Waals surface area (Å²) in [7, 11) is 0. The number of Topliss-reactive ketones (excluding diaryl/α,β-unsaturated/α-hetero) is 1. The number of carbonyl (C=O) groups is 4. The Kier molecular flexibility index (Phi) is 26.2. The van der Waals surface area contributed by atoms with Gasteiger partial charge in [0.1, 0.15) is 23.3 Å². The van der Waals surface area contributed by atoms with Crippen molar-refractivity contribution >= 4 is 23.9 Å². The van der Waals surface area contributed by atoms with Crippen LogP contribution in [0.25, 0.3) is 0 Å². The van der Waals surface area contributed by atoms with Crippen molar-refractivity contribution in [3.63, 3.8) is 0 Å². The number of benzene rings is 1. The Morgan fingerprint density at radius 3 is 1.23 bits per heavy atom. The van der Waals surface area contributed by atoms with Gasteiger partial charge in [0.05, 0.1) is 71.2 Å². The van der Waals surface area contributed by atoms with Crippen LogP contribution in [0, 0.1) is 131 Å². The van der Waals surface area contributed by atoms with Crippen molar-refractivity contribution in [2.75, 3.05) is 4.93 Å². The zero-order valence-electron chi connectivity index (χ0n) is 75.1. The van der Waals surface area contributed by atoms with Crippen LogP contribution in [0.4, 0.5) is 31.5 Å². The molecule has 1 aromatic carbocycles. The molecule has 0 bridgehead atoms. The quantitative estimate of drug-likeness (QED) is 0.0167. The van der Waals surface area contributed by atoms with E-state index in [4.69, 9.17) is 29.4 Å². The van der Waals surface area contributed by atoms with Crippen LogP contribution in [0.1, 0.15) is 302 Å². The summed E-state index contributed by atoms with van der Waals surface area (Å²) in [6, 6.07) is -1.28. The van der Waals surface area contributed by atoms with E-state index in [1.54, 1.807) is 41.5 Å². The van der Waals surface area contributed by atoms with E-state index in [9.17, 15) is 76.9 Å². The fourth-order valence-corrected chi connectivity index (χ4v) is 27.7. The number of esters is 1. The third kappa shape index (κ3) is 16.1. The number of ether oxygens (including phenoxy) is 5. The Bertz CT molecular complexity index is 3650. The van der Waals surface area contributed by atoms with Crippen LogP contribution in [0.5, 0.6) is 5.75 Å². The Balaban J connectivity index is 0.000000200. The molecule has 7 unspecified atom stereocenters. The van der Waals surface area contributed by atoms with Gasteiger partial charge in [-0.2, -0.15) is 8.78 Å². The van der Waals surface area contributed by atoms with E-state index in [1.807, 2.05) is 60.3 Å². The molecule has 2 saturated heterocycles. The zero-order valence-corrected chi connectivity index (χ0v) is 76.2. The van der Waals surface area contributed by atoms with E-state index in [0.717, 1.165) is 103 Å². The van der Waals surface area contributed by atoms with Crippen molar-refractivity contribution in [1.82, 2.24) is 10.6 Å². The van der Waals surface area contributed by atoms with Gasteiger partial charge in [-0.15, -0.1) is 0 Å². The second kappa shape index (κ2) is 32.1. The minimum atomic E-state index is -2.29. The number of carbonyl (C=O) groups excluding carboxylic acids is 4. The van der Waals surface area contributed by atoms with Crippen molar-refractivity contribution in [1.29, 1.82) is 0.594 Å². The van der Waals surface area contributed by atoms with Crippen molar-refractivity contribution in [2.24, 2.45) is 101 Å². The molecule has 28 atom stereocenters. The maximum atomic E-state index is 13.8. The number of halogens is 6. The number of rotatable bonds is 13. The number of fused-ring (bicyclic) bond motifs is 4. The zero-order chi connectivity index (χ0) is 88.0. The summed E-state index contributed by atoms with van der Waals surface area (Å²) in [5, 5.41) is 93.8. The number of aromatic hydroxyl groups is 1. The molecule has 2 amide bonds. The van der Waals surface area contributed by atoms with Crippen molar-refractivity contribution < 1.29 is 128 Å². The second-order valence-corrected chi connectivity index (χ2v) is 43.7. The predicted molar refractivity (Wildman–Crippen MR) is 424 cm³/mol. The summed E-state index contributed by atoms with van der Waals surface area (Å²) in [5.74, 6) is -12.7. The maximum absolute atomic E-state index is 13.8. The molecule has 10 N–H and O–H groups in total. The summed E-state index contributed by atoms with van der Waals surface area (Å²) < 4.78 is 97.3. The topological polar surface area (TPSA) is 300 Å². The van der Waals surface area contributed by atoms with Gasteiger partial charge in [-0.05, 0) is 290 Å². The van der Waals surface area contributed by atoms with Gasteiger partial charge in [-0.25, -0.2) is 27.6 Å². The monoisotopic (exact) mass is 1750 g/mol. The van der Waals surface area contributed by atoms with Gasteiger partial charge in [-0.1, -0.05) is 95.9 Å². The number of amides is 2. The SMILES string of the molecule is CC(C)(O)[C@@H]1CC[C@](C)([C@H]2[C@@H](O)C[C@@]3(C)C4C[C@H](O)[C@H]5C(C)(C)[C@@H](O)CCC56CC46CC[C@]23C)O1.CCC(C)[C@H](NC(=O)OC(C)(C)C)C(=O)O[C@H]1CCC23CC24CC[C@]2(C)[C@@H]([C@@]5(C)CC[C@@H](C(C)(C)O)O5)[C@@H](O)C[C@@]2(C)C4C[C@H](O)[C@H]3C1(C)C.CC[C@H](C)[C@H](NC(=O)OC(C)(C)C)C(C)=O.Oc1c(F)c(F)c(F)c(F)c1F.[2H][I-]C. The van der Waals surface area contributed by atoms with Crippen molar-refractivity contribution in [3.8, 4) is 5.75 Å². The average molecular weight is 1750 g/mol. The summed E-state index contributed by atoms with van der Waals surface area (Å²) in [4.78, 5) is 51.3. The molecule has 25 heteroatoms. The van der Waals surface area contributed by atoms with Gasteiger partial charge in [0, 0.05) is 17.3 Å². The average Bonchev–Trinajstić information content (AvgIpc) is 1.46. The van der Waals surface area contributed by atoms with E-state index >= 15 is 0 Å². The van der Waals surface area contributed by atoms with Gasteiger partial charge >= 0.3 is 46.1 Å². The molecular weight excluding hydrogens is 1600 g/mol. The second-order valence-electron chi connectivity index (χ2n) is 43.7. The third-order valence-corrected chi connectivity index (χ3v) is 33.4. The summed E-state index contributed by atoms with van der Waals surface area (Å²) in [5.41, 5.74) is -4.78. The van der Waals surface area contributed by atoms with E-state index in [2.05, 4.69) is 79.9 Å². The molecule has 12 fully saturated rings. The molecule has 0 radical (unpaired) electrons. The Morgan fingerprint density at radius 1 is 0.513 bits per heavy atom. The molecule has 115 heavy (non-hydrogen) atoms. The first-order valence-corrected chi connectivity index (χ1v) is 45.1. The number of nitrogens with one attached hydrogen (secondary N) is 2. The summed E-state index contributed by atoms with van der Waals surface area (Å²) in [6.07, 6.45) is 13.6. The first-order chi connectivity index (χ1) is 52.9. The number of hydrogen-bond acceptors (Lipinski definition) is 17. The summed E-state index contributed by atoms with van der Waals surface area (Å²) in [6.45, 7) is 50.1. The van der Waals surface area contributed by atoms with Gasteiger partial charge in [0.2, 0.25) is 29.1 Å². The van der Waals surface area contributed by atoms with Crippen LogP contribution in [0.15, 0.2) is 0 Å². The Morgan fingerprint density at radius 2 is 0.870 bits per heavy atom. The molecular formula is C90H147F5IN2O17-. The van der Waals surface area contributed by atoms with Crippen LogP contribution in [0.2, 0.25) is 0 Å². The van der Waals surface area contributed by atoms with Crippen molar-refractivity contribution in [3.05, 3.63) is 29.1 Å². The number of hydrogen-bond donors (Lipinski definition) is 10. The number of phenolic OH excluding ortho intramolecular Hbond substituents is 1. The first-order valence-electron chi connectivity index (χ1n) is 43.3. The third-order valence-electron chi connectivity index (χ3n) is 33.4.